The largest absolute Gasteiger partial charge is 0.872 e. The molecule has 2 aromatic rings. The summed E-state index contributed by atoms with van der Waals surface area (Å²) >= 11 is 0. The molecule has 0 aliphatic rings. The van der Waals surface area contributed by atoms with Crippen molar-refractivity contribution in [1.82, 2.24) is 0 Å². The summed E-state index contributed by atoms with van der Waals surface area (Å²) in [4.78, 5) is 12.6. The monoisotopic (exact) mass is 361 g/mol. The summed E-state index contributed by atoms with van der Waals surface area (Å²) in [5.74, 6) is 1.70. The zero-order valence-electron chi connectivity index (χ0n) is 14.6. The Labute approximate surface area is 149 Å². The fourth-order valence-corrected chi connectivity index (χ4v) is 3.34. The lowest BCUT2D eigenvalue weighted by molar-refractivity contribution is -0.268. The standard InChI is InChI=1S/C19H23O5P/c1-4-22-15-11-16(23-5-2)18(17(12-15)24-6-3)25-19(21)13-7-9-14(20)10-8-13/h7-12,20,25H,4-6H2,1-3H3/p-1. The first-order valence-electron chi connectivity index (χ1n) is 8.23. The van der Waals surface area contributed by atoms with Gasteiger partial charge in [0.05, 0.1) is 25.1 Å². The highest BCUT2D eigenvalue weighted by Crippen LogP contribution is 2.34. The number of ether oxygens (including phenoxy) is 3. The van der Waals surface area contributed by atoms with Gasteiger partial charge in [-0.15, -0.1) is 5.75 Å². The Morgan fingerprint density at radius 1 is 0.920 bits per heavy atom. The molecule has 1 atom stereocenters. The SMILES string of the molecule is CCOc1cc(OCC)c(PC(=O)c2ccc([O-])cc2)c(OCC)c1. The number of hydrogen-bond donors (Lipinski definition) is 0. The first-order chi connectivity index (χ1) is 12.1. The zero-order valence-corrected chi connectivity index (χ0v) is 15.6. The molecule has 0 aromatic heterocycles. The summed E-state index contributed by atoms with van der Waals surface area (Å²) in [7, 11) is -0.178. The predicted molar refractivity (Wildman–Crippen MR) is 98.1 cm³/mol. The van der Waals surface area contributed by atoms with Gasteiger partial charge >= 0.3 is 0 Å². The van der Waals surface area contributed by atoms with Gasteiger partial charge in [-0.1, -0.05) is 24.3 Å². The van der Waals surface area contributed by atoms with Gasteiger partial charge in [0.2, 0.25) is 0 Å². The molecule has 134 valence electrons. The van der Waals surface area contributed by atoms with Crippen LogP contribution < -0.4 is 24.6 Å². The molecular formula is C19H22O5P-. The number of carbonyl (C=O) groups is 1. The van der Waals surface area contributed by atoms with E-state index in [9.17, 15) is 9.90 Å². The summed E-state index contributed by atoms with van der Waals surface area (Å²) in [6, 6.07) is 9.45. The Hall–Kier alpha value is -2.26. The van der Waals surface area contributed by atoms with Crippen molar-refractivity contribution in [2.75, 3.05) is 19.8 Å². The first-order valence-corrected chi connectivity index (χ1v) is 9.23. The third-order valence-electron chi connectivity index (χ3n) is 3.31. The molecule has 0 saturated heterocycles. The van der Waals surface area contributed by atoms with E-state index in [0.29, 0.717) is 47.9 Å². The minimum Gasteiger partial charge on any atom is -0.872 e. The van der Waals surface area contributed by atoms with E-state index >= 15 is 0 Å². The average molecular weight is 361 g/mol. The fraction of sp³-hybridized carbons (Fsp3) is 0.316. The topological polar surface area (TPSA) is 67.8 Å². The molecule has 0 amide bonds. The van der Waals surface area contributed by atoms with Crippen LogP contribution >= 0.6 is 8.58 Å². The maximum Gasteiger partial charge on any atom is 0.185 e. The zero-order chi connectivity index (χ0) is 18.2. The van der Waals surface area contributed by atoms with Crippen molar-refractivity contribution in [3.05, 3.63) is 42.0 Å². The molecule has 0 spiro atoms. The first kappa shape index (κ1) is 19.1. The van der Waals surface area contributed by atoms with E-state index in [-0.39, 0.29) is 19.9 Å². The van der Waals surface area contributed by atoms with Crippen LogP contribution in [0.5, 0.6) is 23.0 Å². The second-order valence-electron chi connectivity index (χ2n) is 5.07. The normalized spacial score (nSPS) is 10.8. The summed E-state index contributed by atoms with van der Waals surface area (Å²) in [6.45, 7) is 7.14. The Balaban J connectivity index is 2.38. The molecule has 0 N–H and O–H groups in total. The summed E-state index contributed by atoms with van der Waals surface area (Å²) < 4.78 is 17.0. The minimum atomic E-state index is -0.178. The lowest BCUT2D eigenvalue weighted by Crippen LogP contribution is -2.12. The van der Waals surface area contributed by atoms with Crippen LogP contribution in [0.2, 0.25) is 0 Å². The van der Waals surface area contributed by atoms with Gasteiger partial charge < -0.3 is 19.3 Å². The molecule has 6 heteroatoms. The third kappa shape index (κ3) is 5.10. The van der Waals surface area contributed by atoms with E-state index in [0.717, 1.165) is 0 Å². The van der Waals surface area contributed by atoms with Gasteiger partial charge in [0.25, 0.3) is 0 Å². The van der Waals surface area contributed by atoms with Crippen LogP contribution in [0.4, 0.5) is 0 Å². The Morgan fingerprint density at radius 3 is 1.92 bits per heavy atom. The summed E-state index contributed by atoms with van der Waals surface area (Å²) in [5.41, 5.74) is 0.419. The highest BCUT2D eigenvalue weighted by atomic mass is 31.1. The average Bonchev–Trinajstić information content (AvgIpc) is 2.59. The second-order valence-corrected chi connectivity index (χ2v) is 6.28. The van der Waals surface area contributed by atoms with Crippen molar-refractivity contribution < 1.29 is 24.1 Å². The number of hydrogen-bond acceptors (Lipinski definition) is 5. The minimum absolute atomic E-state index is 0.0777. The van der Waals surface area contributed by atoms with Gasteiger partial charge in [-0.25, -0.2) is 0 Å². The van der Waals surface area contributed by atoms with E-state index in [1.54, 1.807) is 24.3 Å². The maximum absolute atomic E-state index is 12.6. The van der Waals surface area contributed by atoms with Crippen molar-refractivity contribution in [3.63, 3.8) is 0 Å². The lowest BCUT2D eigenvalue weighted by Gasteiger charge is -2.17. The van der Waals surface area contributed by atoms with Crippen molar-refractivity contribution in [2.24, 2.45) is 0 Å². The molecule has 2 rings (SSSR count). The molecule has 1 unspecified atom stereocenters. The van der Waals surface area contributed by atoms with Crippen molar-refractivity contribution in [3.8, 4) is 23.0 Å². The van der Waals surface area contributed by atoms with Crippen molar-refractivity contribution in [2.45, 2.75) is 20.8 Å². The summed E-state index contributed by atoms with van der Waals surface area (Å²) in [5, 5.41) is 11.9. The smallest absolute Gasteiger partial charge is 0.185 e. The molecule has 0 radical (unpaired) electrons. The van der Waals surface area contributed by atoms with Crippen LogP contribution in [0.3, 0.4) is 0 Å². The molecule has 5 nitrogen and oxygen atoms in total. The fourth-order valence-electron chi connectivity index (χ4n) is 2.27. The molecule has 0 heterocycles. The van der Waals surface area contributed by atoms with Crippen LogP contribution in [0, 0.1) is 0 Å². The van der Waals surface area contributed by atoms with Gasteiger partial charge in [-0.3, -0.25) is 4.79 Å². The lowest BCUT2D eigenvalue weighted by atomic mass is 10.2. The highest BCUT2D eigenvalue weighted by molar-refractivity contribution is 7.66. The van der Waals surface area contributed by atoms with E-state index < -0.39 is 0 Å². The van der Waals surface area contributed by atoms with Crippen molar-refractivity contribution >= 4 is 19.4 Å². The number of rotatable bonds is 9. The highest BCUT2D eigenvalue weighted by Gasteiger charge is 2.18. The van der Waals surface area contributed by atoms with Crippen LogP contribution in [0.25, 0.3) is 0 Å². The Morgan fingerprint density at radius 2 is 1.44 bits per heavy atom. The number of carbonyl (C=O) groups excluding carboxylic acids is 1. The third-order valence-corrected chi connectivity index (χ3v) is 4.56. The van der Waals surface area contributed by atoms with Gasteiger partial charge in [-0.2, -0.15) is 0 Å². The van der Waals surface area contributed by atoms with Crippen molar-refractivity contribution in [1.29, 1.82) is 0 Å². The molecular weight excluding hydrogens is 339 g/mol. The molecule has 0 aliphatic heterocycles. The molecule has 0 saturated carbocycles. The Kier molecular flexibility index (Phi) is 7.08. The van der Waals surface area contributed by atoms with Crippen LogP contribution in [0.1, 0.15) is 31.1 Å². The van der Waals surface area contributed by atoms with Gasteiger partial charge in [0.15, 0.2) is 5.52 Å². The quantitative estimate of drug-likeness (QED) is 0.642. The van der Waals surface area contributed by atoms with E-state index in [2.05, 4.69) is 0 Å². The van der Waals surface area contributed by atoms with E-state index in [1.165, 1.54) is 12.1 Å². The molecule has 0 bridgehead atoms. The molecule has 0 aliphatic carbocycles. The van der Waals surface area contributed by atoms with E-state index in [1.807, 2.05) is 20.8 Å². The summed E-state index contributed by atoms with van der Waals surface area (Å²) in [6.07, 6.45) is 0. The van der Waals surface area contributed by atoms with Gasteiger partial charge in [-0.05, 0) is 29.4 Å². The van der Waals surface area contributed by atoms with Crippen LogP contribution in [-0.2, 0) is 0 Å². The van der Waals surface area contributed by atoms with E-state index in [4.69, 9.17) is 14.2 Å². The van der Waals surface area contributed by atoms with Gasteiger partial charge in [0, 0.05) is 17.7 Å². The van der Waals surface area contributed by atoms with Gasteiger partial charge in [0.1, 0.15) is 17.2 Å². The van der Waals surface area contributed by atoms with Crippen LogP contribution in [0.15, 0.2) is 36.4 Å². The number of benzene rings is 2. The predicted octanol–water partition coefficient (Wildman–Crippen LogP) is 3.10. The van der Waals surface area contributed by atoms with Crippen LogP contribution in [-0.4, -0.2) is 25.3 Å². The molecule has 0 fully saturated rings. The molecule has 25 heavy (non-hydrogen) atoms. The maximum atomic E-state index is 12.6. The Bertz CT molecular complexity index is 685. The second kappa shape index (κ2) is 9.28. The molecule has 2 aromatic carbocycles.